The molecule has 1 atom stereocenters. The van der Waals surface area contributed by atoms with Gasteiger partial charge in [-0.25, -0.2) is 4.39 Å². The molecule has 2 aromatic carbocycles. The number of ether oxygens (including phenoxy) is 1. The van der Waals surface area contributed by atoms with Gasteiger partial charge in [0.15, 0.2) is 0 Å². The molecule has 0 saturated carbocycles. The molecule has 1 aromatic heterocycles. The number of aryl methyl sites for hydroxylation is 1. The molecule has 0 radical (unpaired) electrons. The molecule has 156 valence electrons. The van der Waals surface area contributed by atoms with E-state index in [4.69, 9.17) is 20.9 Å². The maximum Gasteiger partial charge on any atom is 0.257 e. The Morgan fingerprint density at radius 2 is 2.07 bits per heavy atom. The van der Waals surface area contributed by atoms with E-state index in [2.05, 4.69) is 15.4 Å². The lowest BCUT2D eigenvalue weighted by atomic mass is 10.1. The number of nitrogens with one attached hydrogen (secondary N) is 1. The van der Waals surface area contributed by atoms with Crippen LogP contribution >= 0.6 is 11.6 Å². The Balaban J connectivity index is 1.50. The van der Waals surface area contributed by atoms with E-state index >= 15 is 0 Å². The van der Waals surface area contributed by atoms with Crippen molar-refractivity contribution in [1.82, 2.24) is 10.5 Å². The van der Waals surface area contributed by atoms with Gasteiger partial charge < -0.3 is 19.5 Å². The Labute approximate surface area is 178 Å². The average molecular weight is 430 g/mol. The van der Waals surface area contributed by atoms with Gasteiger partial charge >= 0.3 is 0 Å². The van der Waals surface area contributed by atoms with Crippen LogP contribution in [0.15, 0.2) is 47.0 Å². The van der Waals surface area contributed by atoms with Gasteiger partial charge in [-0.05, 0) is 55.8 Å². The van der Waals surface area contributed by atoms with E-state index in [1.54, 1.807) is 32.2 Å². The van der Waals surface area contributed by atoms with E-state index in [0.29, 0.717) is 34.1 Å². The first-order chi connectivity index (χ1) is 14.5. The summed E-state index contributed by atoms with van der Waals surface area (Å²) in [6, 6.07) is 11.2. The van der Waals surface area contributed by atoms with Crippen molar-refractivity contribution < 1.29 is 18.4 Å². The van der Waals surface area contributed by atoms with Crippen molar-refractivity contribution in [3.05, 3.63) is 64.6 Å². The highest BCUT2D eigenvalue weighted by molar-refractivity contribution is 6.31. The summed E-state index contributed by atoms with van der Waals surface area (Å²) in [5.74, 6) is 0.531. The summed E-state index contributed by atoms with van der Waals surface area (Å²) in [6.45, 7) is 3.07. The zero-order valence-corrected chi connectivity index (χ0v) is 17.4. The van der Waals surface area contributed by atoms with Crippen LogP contribution < -0.4 is 15.0 Å². The van der Waals surface area contributed by atoms with Crippen LogP contribution in [-0.2, 0) is 0 Å². The number of methoxy groups -OCH3 is 1. The molecule has 3 aromatic rings. The highest BCUT2D eigenvalue weighted by Gasteiger charge is 2.29. The fourth-order valence-corrected chi connectivity index (χ4v) is 3.88. The first-order valence-electron chi connectivity index (χ1n) is 9.58. The molecule has 4 rings (SSSR count). The van der Waals surface area contributed by atoms with Gasteiger partial charge in [0.25, 0.3) is 5.91 Å². The number of hydrogen-bond acceptors (Lipinski definition) is 5. The largest absolute Gasteiger partial charge is 0.495 e. The Morgan fingerprint density at radius 3 is 2.80 bits per heavy atom. The quantitative estimate of drug-likeness (QED) is 0.648. The summed E-state index contributed by atoms with van der Waals surface area (Å²) in [5.41, 5.74) is 2.28. The highest BCUT2D eigenvalue weighted by Crippen LogP contribution is 2.33. The maximum absolute atomic E-state index is 13.2. The monoisotopic (exact) mass is 429 g/mol. The number of nitrogens with zero attached hydrogens (tertiary/aromatic N) is 2. The predicted octanol–water partition coefficient (Wildman–Crippen LogP) is 4.46. The summed E-state index contributed by atoms with van der Waals surface area (Å²) in [5, 5.41) is 7.70. The van der Waals surface area contributed by atoms with Crippen LogP contribution in [-0.4, -0.2) is 37.3 Å². The number of carbonyl (C=O) groups excluding carboxylic acids is 1. The Bertz CT molecular complexity index is 1070. The van der Waals surface area contributed by atoms with Crippen LogP contribution in [0.1, 0.15) is 22.5 Å². The van der Waals surface area contributed by atoms with Gasteiger partial charge in [-0.3, -0.25) is 4.79 Å². The summed E-state index contributed by atoms with van der Waals surface area (Å²) < 4.78 is 23.9. The number of hydrogen-bond donors (Lipinski definition) is 1. The molecular formula is C22H21ClFN3O3. The van der Waals surface area contributed by atoms with E-state index in [1.807, 2.05) is 12.1 Å². The molecule has 1 amide bonds. The Morgan fingerprint density at radius 1 is 1.30 bits per heavy atom. The molecule has 8 heteroatoms. The number of halogens is 2. The van der Waals surface area contributed by atoms with E-state index in [9.17, 15) is 9.18 Å². The molecular weight excluding hydrogens is 409 g/mol. The first-order valence-corrected chi connectivity index (χ1v) is 9.95. The van der Waals surface area contributed by atoms with E-state index in [-0.39, 0.29) is 17.8 Å². The summed E-state index contributed by atoms with van der Waals surface area (Å²) in [6.07, 6.45) is 0.775. The summed E-state index contributed by atoms with van der Waals surface area (Å²) in [4.78, 5) is 15.2. The number of benzene rings is 2. The van der Waals surface area contributed by atoms with Crippen molar-refractivity contribution in [1.29, 1.82) is 0 Å². The van der Waals surface area contributed by atoms with E-state index in [1.165, 1.54) is 12.1 Å². The van der Waals surface area contributed by atoms with Crippen molar-refractivity contribution >= 4 is 23.2 Å². The molecule has 30 heavy (non-hydrogen) atoms. The third kappa shape index (κ3) is 3.98. The van der Waals surface area contributed by atoms with E-state index in [0.717, 1.165) is 24.4 Å². The van der Waals surface area contributed by atoms with Gasteiger partial charge in [-0.1, -0.05) is 16.8 Å². The maximum atomic E-state index is 13.2. The third-order valence-corrected chi connectivity index (χ3v) is 5.45. The second kappa shape index (κ2) is 8.36. The van der Waals surface area contributed by atoms with Crippen molar-refractivity contribution in [2.75, 3.05) is 25.1 Å². The topological polar surface area (TPSA) is 67.6 Å². The zero-order valence-electron chi connectivity index (χ0n) is 16.6. The zero-order chi connectivity index (χ0) is 21.3. The summed E-state index contributed by atoms with van der Waals surface area (Å²) >= 11 is 6.15. The van der Waals surface area contributed by atoms with Crippen molar-refractivity contribution in [3.8, 4) is 17.0 Å². The molecule has 0 spiro atoms. The fraction of sp³-hybridized carbons (Fsp3) is 0.273. The lowest BCUT2D eigenvalue weighted by molar-refractivity contribution is 0.0939. The van der Waals surface area contributed by atoms with Crippen LogP contribution in [0.3, 0.4) is 0 Å². The van der Waals surface area contributed by atoms with Crippen LogP contribution in [0.5, 0.6) is 5.75 Å². The minimum absolute atomic E-state index is 0.0587. The number of aromatic nitrogens is 1. The molecule has 6 nitrogen and oxygen atoms in total. The minimum Gasteiger partial charge on any atom is -0.495 e. The minimum atomic E-state index is -0.354. The molecule has 0 bridgehead atoms. The molecule has 0 aliphatic carbocycles. The lowest BCUT2D eigenvalue weighted by Crippen LogP contribution is -2.37. The molecule has 1 aliphatic rings. The standard InChI is InChI=1S/C22H21ClFN3O3/c1-13-20(21(26-30-13)14-3-6-16(24)7-4-14)22(28)25-17-9-10-27(12-17)18-11-15(23)5-8-19(18)29-2/h3-8,11,17H,9-10,12H2,1-2H3,(H,25,28). The van der Waals surface area contributed by atoms with Gasteiger partial charge in [0, 0.05) is 29.7 Å². The summed E-state index contributed by atoms with van der Waals surface area (Å²) in [7, 11) is 1.62. The number of carbonyl (C=O) groups is 1. The van der Waals surface area contributed by atoms with Gasteiger partial charge in [-0.15, -0.1) is 0 Å². The fourth-order valence-electron chi connectivity index (χ4n) is 3.71. The Hall–Kier alpha value is -3.06. The molecule has 2 heterocycles. The Kier molecular flexibility index (Phi) is 5.63. The van der Waals surface area contributed by atoms with Crippen molar-refractivity contribution in [2.24, 2.45) is 0 Å². The van der Waals surface area contributed by atoms with Gasteiger partial charge in [-0.2, -0.15) is 0 Å². The van der Waals surface area contributed by atoms with Gasteiger partial charge in [0.05, 0.1) is 12.8 Å². The second-order valence-corrected chi connectivity index (χ2v) is 7.63. The highest BCUT2D eigenvalue weighted by atomic mass is 35.5. The third-order valence-electron chi connectivity index (χ3n) is 5.21. The van der Waals surface area contributed by atoms with Crippen LogP contribution in [0, 0.1) is 12.7 Å². The van der Waals surface area contributed by atoms with Crippen LogP contribution in [0.25, 0.3) is 11.3 Å². The number of rotatable bonds is 5. The predicted molar refractivity (Wildman–Crippen MR) is 113 cm³/mol. The normalized spacial score (nSPS) is 16.0. The molecule has 1 saturated heterocycles. The SMILES string of the molecule is COc1ccc(Cl)cc1N1CCC(NC(=O)c2c(-c3ccc(F)cc3)noc2C)C1. The molecule has 1 aliphatic heterocycles. The first kappa shape index (κ1) is 20.2. The van der Waals surface area contributed by atoms with Crippen molar-refractivity contribution in [2.45, 2.75) is 19.4 Å². The second-order valence-electron chi connectivity index (χ2n) is 7.19. The number of anilines is 1. The van der Waals surface area contributed by atoms with Crippen molar-refractivity contribution in [3.63, 3.8) is 0 Å². The number of amides is 1. The van der Waals surface area contributed by atoms with E-state index < -0.39 is 0 Å². The lowest BCUT2D eigenvalue weighted by Gasteiger charge is -2.21. The van der Waals surface area contributed by atoms with Crippen LogP contribution in [0.4, 0.5) is 10.1 Å². The van der Waals surface area contributed by atoms with Gasteiger partial charge in [0.2, 0.25) is 0 Å². The van der Waals surface area contributed by atoms with Gasteiger partial charge in [0.1, 0.15) is 28.6 Å². The smallest absolute Gasteiger partial charge is 0.257 e. The van der Waals surface area contributed by atoms with Crippen LogP contribution in [0.2, 0.25) is 5.02 Å². The average Bonchev–Trinajstić information content (AvgIpc) is 3.35. The molecule has 1 fully saturated rings. The molecule has 1 unspecified atom stereocenters. The molecule has 1 N–H and O–H groups in total.